The topological polar surface area (TPSA) is 86.8 Å². The van der Waals surface area contributed by atoms with Gasteiger partial charge in [-0.3, -0.25) is 13.9 Å². The summed E-state index contributed by atoms with van der Waals surface area (Å²) < 4.78 is 56.5. The van der Waals surface area contributed by atoms with E-state index in [2.05, 4.69) is 5.32 Å². The van der Waals surface area contributed by atoms with Gasteiger partial charge in [-0.25, -0.2) is 17.2 Å². The van der Waals surface area contributed by atoms with Gasteiger partial charge in [-0.05, 0) is 54.8 Å². The molecule has 0 aliphatic carbocycles. The van der Waals surface area contributed by atoms with Gasteiger partial charge in [0.25, 0.3) is 10.0 Å². The molecule has 0 heterocycles. The smallest absolute Gasteiger partial charge is 0.264 e. The van der Waals surface area contributed by atoms with Crippen LogP contribution in [-0.2, 0) is 26.2 Å². The van der Waals surface area contributed by atoms with Crippen molar-refractivity contribution < 1.29 is 26.8 Å². The molecule has 7 nitrogen and oxygen atoms in total. The highest BCUT2D eigenvalue weighted by Crippen LogP contribution is 2.27. The summed E-state index contributed by atoms with van der Waals surface area (Å²) >= 11 is 0. The number of hydrogen-bond donors (Lipinski definition) is 1. The number of carbonyl (C=O) groups excluding carboxylic acids is 2. The highest BCUT2D eigenvalue weighted by molar-refractivity contribution is 7.92. The molecule has 208 valence electrons. The van der Waals surface area contributed by atoms with Crippen LogP contribution in [0, 0.1) is 11.6 Å². The minimum absolute atomic E-state index is 0.0741. The third kappa shape index (κ3) is 7.63. The quantitative estimate of drug-likeness (QED) is 0.304. The van der Waals surface area contributed by atoms with Crippen LogP contribution in [0.15, 0.2) is 83.8 Å². The largest absolute Gasteiger partial charge is 0.354 e. The molecule has 0 radical (unpaired) electrons. The van der Waals surface area contributed by atoms with E-state index in [1.165, 1.54) is 71.6 Å². The first-order chi connectivity index (χ1) is 18.7. The Bertz CT molecular complexity index is 1350. The highest BCUT2D eigenvalue weighted by atomic mass is 32.2. The zero-order chi connectivity index (χ0) is 28.4. The van der Waals surface area contributed by atoms with E-state index in [1.54, 1.807) is 13.0 Å². The van der Waals surface area contributed by atoms with Crippen molar-refractivity contribution in [3.8, 4) is 0 Å². The van der Waals surface area contributed by atoms with Crippen molar-refractivity contribution in [3.05, 3.63) is 96.1 Å². The summed E-state index contributed by atoms with van der Waals surface area (Å²) in [7, 11) is -4.36. The third-order valence-electron chi connectivity index (χ3n) is 6.21. The molecule has 1 atom stereocenters. The fraction of sp³-hybridized carbons (Fsp3) is 0.310. The van der Waals surface area contributed by atoms with Gasteiger partial charge in [0, 0.05) is 13.1 Å². The van der Waals surface area contributed by atoms with Gasteiger partial charge >= 0.3 is 0 Å². The number of hydrogen-bond acceptors (Lipinski definition) is 4. The number of amides is 2. The van der Waals surface area contributed by atoms with Crippen LogP contribution in [0.3, 0.4) is 0 Å². The highest BCUT2D eigenvalue weighted by Gasteiger charge is 2.34. The first-order valence-corrected chi connectivity index (χ1v) is 14.3. The maximum atomic E-state index is 14.9. The van der Waals surface area contributed by atoms with Crippen LogP contribution in [0.5, 0.6) is 0 Å². The minimum atomic E-state index is -4.36. The standard InChI is InChI=1S/C29H33F2N3O4S/c1-3-5-19-32-29(36)26(4-2)33(20-22-15-17-23(30)18-16-22)28(35)21-34(27-14-10-9-13-25(27)31)39(37,38)24-11-7-6-8-12-24/h6-18,26H,3-5,19-21H2,1-2H3,(H,32,36)/t26-/m1/s1. The van der Waals surface area contributed by atoms with Crippen molar-refractivity contribution in [2.45, 2.75) is 50.6 Å². The molecule has 3 rings (SSSR count). The number of nitrogens with one attached hydrogen (secondary N) is 1. The van der Waals surface area contributed by atoms with Gasteiger partial charge in [-0.2, -0.15) is 0 Å². The summed E-state index contributed by atoms with van der Waals surface area (Å²) in [5.74, 6) is -2.37. The molecule has 0 spiro atoms. The van der Waals surface area contributed by atoms with Gasteiger partial charge < -0.3 is 10.2 Å². The van der Waals surface area contributed by atoms with Crippen LogP contribution in [-0.4, -0.2) is 44.3 Å². The van der Waals surface area contributed by atoms with Crippen LogP contribution < -0.4 is 9.62 Å². The number of rotatable bonds is 13. The second-order valence-corrected chi connectivity index (χ2v) is 10.9. The predicted molar refractivity (Wildman–Crippen MR) is 146 cm³/mol. The van der Waals surface area contributed by atoms with Crippen molar-refractivity contribution in [1.82, 2.24) is 10.2 Å². The lowest BCUT2D eigenvalue weighted by Crippen LogP contribution is -2.52. The van der Waals surface area contributed by atoms with Crippen molar-refractivity contribution in [2.24, 2.45) is 0 Å². The number of unbranched alkanes of at least 4 members (excludes halogenated alkanes) is 1. The zero-order valence-electron chi connectivity index (χ0n) is 22.0. The Labute approximate surface area is 228 Å². The van der Waals surface area contributed by atoms with E-state index in [-0.39, 0.29) is 29.5 Å². The number of halogens is 2. The predicted octanol–water partition coefficient (Wildman–Crippen LogP) is 4.88. The Hall–Kier alpha value is -3.79. The Morgan fingerprint density at radius 2 is 1.54 bits per heavy atom. The van der Waals surface area contributed by atoms with Gasteiger partial charge in [0.15, 0.2) is 0 Å². The summed E-state index contributed by atoms with van der Waals surface area (Å²) in [4.78, 5) is 28.1. The number of anilines is 1. The van der Waals surface area contributed by atoms with Crippen LogP contribution in [0.4, 0.5) is 14.5 Å². The normalized spacial score (nSPS) is 12.0. The molecule has 0 aliphatic rings. The number of para-hydroxylation sites is 1. The molecule has 0 unspecified atom stereocenters. The Kier molecular flexibility index (Phi) is 10.6. The summed E-state index contributed by atoms with van der Waals surface area (Å²) in [5.41, 5.74) is 0.254. The third-order valence-corrected chi connectivity index (χ3v) is 7.99. The van der Waals surface area contributed by atoms with Crippen molar-refractivity contribution >= 4 is 27.5 Å². The van der Waals surface area contributed by atoms with E-state index in [9.17, 15) is 26.8 Å². The molecule has 39 heavy (non-hydrogen) atoms. The van der Waals surface area contributed by atoms with Crippen molar-refractivity contribution in [3.63, 3.8) is 0 Å². The first kappa shape index (κ1) is 29.8. The molecular formula is C29H33F2N3O4S. The zero-order valence-corrected chi connectivity index (χ0v) is 22.8. The van der Waals surface area contributed by atoms with E-state index >= 15 is 0 Å². The molecule has 0 bridgehead atoms. The lowest BCUT2D eigenvalue weighted by Gasteiger charge is -2.33. The Morgan fingerprint density at radius 1 is 0.897 bits per heavy atom. The van der Waals surface area contributed by atoms with E-state index in [1.807, 2.05) is 6.92 Å². The van der Waals surface area contributed by atoms with Crippen LogP contribution in [0.1, 0.15) is 38.7 Å². The molecule has 1 N–H and O–H groups in total. The maximum absolute atomic E-state index is 14.9. The van der Waals surface area contributed by atoms with Crippen LogP contribution >= 0.6 is 0 Å². The SMILES string of the molecule is CCCCNC(=O)[C@@H](CC)N(Cc1ccc(F)cc1)C(=O)CN(c1ccccc1F)S(=O)(=O)c1ccccc1. The Balaban J connectivity index is 2.03. The van der Waals surface area contributed by atoms with Crippen LogP contribution in [0.25, 0.3) is 0 Å². The van der Waals surface area contributed by atoms with Crippen molar-refractivity contribution in [1.29, 1.82) is 0 Å². The van der Waals surface area contributed by atoms with E-state index < -0.39 is 40.2 Å². The molecule has 3 aromatic carbocycles. The average molecular weight is 558 g/mol. The lowest BCUT2D eigenvalue weighted by molar-refractivity contribution is -0.140. The molecule has 0 aromatic heterocycles. The summed E-state index contributed by atoms with van der Waals surface area (Å²) in [6, 6.07) is 17.3. The second kappa shape index (κ2) is 13.8. The van der Waals surface area contributed by atoms with Gasteiger partial charge in [0.2, 0.25) is 11.8 Å². The van der Waals surface area contributed by atoms with E-state index in [4.69, 9.17) is 0 Å². The fourth-order valence-corrected chi connectivity index (χ4v) is 5.54. The number of benzene rings is 3. The molecular weight excluding hydrogens is 524 g/mol. The summed E-state index contributed by atoms with van der Waals surface area (Å²) in [5, 5.41) is 2.83. The molecule has 10 heteroatoms. The molecule has 2 amide bonds. The maximum Gasteiger partial charge on any atom is 0.264 e. The summed E-state index contributed by atoms with van der Waals surface area (Å²) in [6.07, 6.45) is 1.87. The molecule has 0 saturated heterocycles. The van der Waals surface area contributed by atoms with Gasteiger partial charge in [0.1, 0.15) is 24.2 Å². The number of carbonyl (C=O) groups is 2. The van der Waals surface area contributed by atoms with Crippen LogP contribution in [0.2, 0.25) is 0 Å². The minimum Gasteiger partial charge on any atom is -0.354 e. The summed E-state index contributed by atoms with van der Waals surface area (Å²) in [6.45, 7) is 3.32. The number of sulfonamides is 1. The Morgan fingerprint density at radius 3 is 2.15 bits per heavy atom. The van der Waals surface area contributed by atoms with Gasteiger partial charge in [-0.1, -0.05) is 62.7 Å². The molecule has 0 aliphatic heterocycles. The fourth-order valence-electron chi connectivity index (χ4n) is 4.10. The average Bonchev–Trinajstić information content (AvgIpc) is 2.93. The first-order valence-electron chi connectivity index (χ1n) is 12.8. The van der Waals surface area contributed by atoms with Gasteiger partial charge in [-0.15, -0.1) is 0 Å². The van der Waals surface area contributed by atoms with Gasteiger partial charge in [0.05, 0.1) is 10.6 Å². The number of nitrogens with zero attached hydrogens (tertiary/aromatic N) is 2. The molecule has 0 fully saturated rings. The second-order valence-electron chi connectivity index (χ2n) is 8.99. The van der Waals surface area contributed by atoms with E-state index in [0.717, 1.165) is 23.2 Å². The monoisotopic (exact) mass is 557 g/mol. The van der Waals surface area contributed by atoms with Crippen molar-refractivity contribution in [2.75, 3.05) is 17.4 Å². The van der Waals surface area contributed by atoms with E-state index in [0.29, 0.717) is 12.1 Å². The molecule has 0 saturated carbocycles. The molecule has 3 aromatic rings. The lowest BCUT2D eigenvalue weighted by atomic mass is 10.1.